The molecule has 0 saturated carbocycles. The number of halogens is 3. The van der Waals surface area contributed by atoms with E-state index in [1.807, 2.05) is 0 Å². The lowest BCUT2D eigenvalue weighted by molar-refractivity contribution is -0.120. The summed E-state index contributed by atoms with van der Waals surface area (Å²) in [5.74, 6) is -1.19. The van der Waals surface area contributed by atoms with Crippen LogP contribution in [0.15, 0.2) is 41.9 Å². The Hall–Kier alpha value is -2.58. The summed E-state index contributed by atoms with van der Waals surface area (Å²) in [6, 6.07) is 6.97. The molecule has 1 aromatic carbocycles. The van der Waals surface area contributed by atoms with Gasteiger partial charge in [0.1, 0.15) is 17.5 Å². The molecule has 2 aromatic heterocycles. The van der Waals surface area contributed by atoms with Crippen molar-refractivity contribution in [3.8, 4) is 0 Å². The SMILES string of the molecule is O=C(Cc1csc(Nc2ccc(Cl)cn2)n1)NCc1c(F)cccc1F. The zero-order valence-corrected chi connectivity index (χ0v) is 14.9. The summed E-state index contributed by atoms with van der Waals surface area (Å²) >= 11 is 7.09. The number of carbonyl (C=O) groups is 1. The second-order valence-electron chi connectivity index (χ2n) is 5.28. The smallest absolute Gasteiger partial charge is 0.226 e. The number of nitrogens with zero attached hydrogens (tertiary/aromatic N) is 2. The predicted molar refractivity (Wildman–Crippen MR) is 96.6 cm³/mol. The first kappa shape index (κ1) is 18.2. The van der Waals surface area contributed by atoms with Crippen LogP contribution in [0.25, 0.3) is 0 Å². The van der Waals surface area contributed by atoms with Gasteiger partial charge in [0.15, 0.2) is 5.13 Å². The number of anilines is 2. The molecule has 2 N–H and O–H groups in total. The number of pyridine rings is 1. The summed E-state index contributed by atoms with van der Waals surface area (Å²) in [6.07, 6.45) is 1.51. The molecule has 3 aromatic rings. The molecule has 0 fully saturated rings. The van der Waals surface area contributed by atoms with Crippen molar-refractivity contribution in [2.45, 2.75) is 13.0 Å². The standard InChI is InChI=1S/C17H13ClF2N4OS/c18-10-4-5-15(21-7-10)24-17-23-11(9-26-17)6-16(25)22-8-12-13(19)2-1-3-14(12)20/h1-5,7,9H,6,8H2,(H,22,25)(H,21,23,24). The van der Waals surface area contributed by atoms with Crippen molar-refractivity contribution in [2.24, 2.45) is 0 Å². The Kier molecular flexibility index (Phi) is 5.75. The van der Waals surface area contributed by atoms with Gasteiger partial charge in [-0.05, 0) is 24.3 Å². The minimum atomic E-state index is -0.694. The zero-order chi connectivity index (χ0) is 18.5. The van der Waals surface area contributed by atoms with Gasteiger partial charge < -0.3 is 10.6 Å². The van der Waals surface area contributed by atoms with Gasteiger partial charge in [-0.25, -0.2) is 18.7 Å². The fourth-order valence-corrected chi connectivity index (χ4v) is 2.95. The second-order valence-corrected chi connectivity index (χ2v) is 6.58. The molecule has 1 amide bonds. The van der Waals surface area contributed by atoms with Gasteiger partial charge in [-0.15, -0.1) is 11.3 Å². The van der Waals surface area contributed by atoms with E-state index in [2.05, 4.69) is 20.6 Å². The van der Waals surface area contributed by atoms with E-state index in [4.69, 9.17) is 11.6 Å². The van der Waals surface area contributed by atoms with Gasteiger partial charge in [0.05, 0.1) is 17.1 Å². The average Bonchev–Trinajstić information content (AvgIpc) is 3.03. The number of thiazole rings is 1. The number of aromatic nitrogens is 2. The lowest BCUT2D eigenvalue weighted by atomic mass is 10.2. The molecule has 26 heavy (non-hydrogen) atoms. The van der Waals surface area contributed by atoms with Crippen LogP contribution in [0.5, 0.6) is 0 Å². The molecule has 0 aliphatic rings. The molecular weight excluding hydrogens is 382 g/mol. The van der Waals surface area contributed by atoms with Gasteiger partial charge in [-0.2, -0.15) is 0 Å². The first-order valence-electron chi connectivity index (χ1n) is 7.54. The normalized spacial score (nSPS) is 10.6. The van der Waals surface area contributed by atoms with Crippen molar-refractivity contribution in [3.05, 3.63) is 69.8 Å². The third kappa shape index (κ3) is 4.74. The van der Waals surface area contributed by atoms with Gasteiger partial charge in [0.25, 0.3) is 0 Å². The number of amides is 1. The van der Waals surface area contributed by atoms with Crippen LogP contribution in [0, 0.1) is 11.6 Å². The number of benzene rings is 1. The van der Waals surface area contributed by atoms with E-state index in [-0.39, 0.29) is 24.4 Å². The van der Waals surface area contributed by atoms with E-state index in [9.17, 15) is 13.6 Å². The minimum absolute atomic E-state index is 0.00228. The second kappa shape index (κ2) is 8.20. The molecule has 0 aliphatic heterocycles. The first-order valence-corrected chi connectivity index (χ1v) is 8.79. The van der Waals surface area contributed by atoms with Gasteiger partial charge >= 0.3 is 0 Å². The topological polar surface area (TPSA) is 66.9 Å². The Bertz CT molecular complexity index is 897. The fourth-order valence-electron chi connectivity index (χ4n) is 2.12. The van der Waals surface area contributed by atoms with Gasteiger partial charge in [0, 0.05) is 23.7 Å². The number of rotatable bonds is 6. The molecule has 0 atom stereocenters. The molecule has 0 spiro atoms. The summed E-state index contributed by atoms with van der Waals surface area (Å²) in [6.45, 7) is -0.221. The Morgan fingerprint density at radius 2 is 1.96 bits per heavy atom. The van der Waals surface area contributed by atoms with Crippen LogP contribution in [0.3, 0.4) is 0 Å². The number of hydrogen-bond donors (Lipinski definition) is 2. The Labute approximate surface area is 157 Å². The fraction of sp³-hybridized carbons (Fsp3) is 0.118. The maximum Gasteiger partial charge on any atom is 0.226 e. The largest absolute Gasteiger partial charge is 0.351 e. The summed E-state index contributed by atoms with van der Waals surface area (Å²) in [4.78, 5) is 20.4. The molecular formula is C17H13ClF2N4OS. The van der Waals surface area contributed by atoms with E-state index in [0.29, 0.717) is 21.7 Å². The Morgan fingerprint density at radius 1 is 1.19 bits per heavy atom. The van der Waals surface area contributed by atoms with E-state index in [1.165, 1.54) is 23.6 Å². The highest BCUT2D eigenvalue weighted by Crippen LogP contribution is 2.21. The molecule has 0 saturated heterocycles. The van der Waals surface area contributed by atoms with Crippen molar-refractivity contribution in [2.75, 3.05) is 5.32 Å². The third-order valence-corrected chi connectivity index (χ3v) is 4.41. The molecule has 2 heterocycles. The Balaban J connectivity index is 1.55. The zero-order valence-electron chi connectivity index (χ0n) is 13.3. The van der Waals surface area contributed by atoms with Crippen LogP contribution in [-0.2, 0) is 17.8 Å². The molecule has 5 nitrogen and oxygen atoms in total. The van der Waals surface area contributed by atoms with Crippen molar-refractivity contribution >= 4 is 39.8 Å². The van der Waals surface area contributed by atoms with Crippen LogP contribution >= 0.6 is 22.9 Å². The lowest BCUT2D eigenvalue weighted by Gasteiger charge is -2.06. The van der Waals surface area contributed by atoms with Crippen molar-refractivity contribution in [3.63, 3.8) is 0 Å². The van der Waals surface area contributed by atoms with E-state index in [1.54, 1.807) is 17.5 Å². The number of nitrogens with one attached hydrogen (secondary N) is 2. The highest BCUT2D eigenvalue weighted by Gasteiger charge is 2.12. The molecule has 0 bridgehead atoms. The van der Waals surface area contributed by atoms with Crippen LogP contribution in [-0.4, -0.2) is 15.9 Å². The molecule has 0 radical (unpaired) electrons. The van der Waals surface area contributed by atoms with E-state index < -0.39 is 11.6 Å². The van der Waals surface area contributed by atoms with Gasteiger partial charge in [-0.3, -0.25) is 4.79 Å². The quantitative estimate of drug-likeness (QED) is 0.661. The Morgan fingerprint density at radius 3 is 2.65 bits per heavy atom. The molecule has 9 heteroatoms. The highest BCUT2D eigenvalue weighted by atomic mass is 35.5. The first-order chi connectivity index (χ1) is 12.5. The maximum atomic E-state index is 13.5. The van der Waals surface area contributed by atoms with Crippen molar-refractivity contribution in [1.29, 1.82) is 0 Å². The van der Waals surface area contributed by atoms with Crippen molar-refractivity contribution < 1.29 is 13.6 Å². The van der Waals surface area contributed by atoms with Gasteiger partial charge in [0.2, 0.25) is 5.91 Å². The lowest BCUT2D eigenvalue weighted by Crippen LogP contribution is -2.25. The molecule has 3 rings (SSSR count). The number of carbonyl (C=O) groups excluding carboxylic acids is 1. The highest BCUT2D eigenvalue weighted by molar-refractivity contribution is 7.13. The molecule has 0 unspecified atom stereocenters. The van der Waals surface area contributed by atoms with Crippen LogP contribution in [0.1, 0.15) is 11.3 Å². The third-order valence-electron chi connectivity index (χ3n) is 3.38. The number of hydrogen-bond acceptors (Lipinski definition) is 5. The minimum Gasteiger partial charge on any atom is -0.351 e. The van der Waals surface area contributed by atoms with E-state index in [0.717, 1.165) is 12.1 Å². The molecule has 0 aliphatic carbocycles. The van der Waals surface area contributed by atoms with Crippen LogP contribution < -0.4 is 10.6 Å². The predicted octanol–water partition coefficient (Wildman–Crippen LogP) is 4.07. The van der Waals surface area contributed by atoms with Crippen LogP contribution in [0.2, 0.25) is 5.02 Å². The summed E-state index contributed by atoms with van der Waals surface area (Å²) in [7, 11) is 0. The summed E-state index contributed by atoms with van der Waals surface area (Å²) in [5.41, 5.74) is 0.369. The molecule has 134 valence electrons. The summed E-state index contributed by atoms with van der Waals surface area (Å²) in [5, 5.41) is 8.32. The average molecular weight is 395 g/mol. The van der Waals surface area contributed by atoms with Crippen molar-refractivity contribution in [1.82, 2.24) is 15.3 Å². The monoisotopic (exact) mass is 394 g/mol. The maximum absolute atomic E-state index is 13.5. The van der Waals surface area contributed by atoms with Crippen LogP contribution in [0.4, 0.5) is 19.7 Å². The van der Waals surface area contributed by atoms with Gasteiger partial charge in [-0.1, -0.05) is 17.7 Å². The van der Waals surface area contributed by atoms with E-state index >= 15 is 0 Å². The summed E-state index contributed by atoms with van der Waals surface area (Å²) < 4.78 is 27.1.